The Bertz CT molecular complexity index is 2330. The Balaban J connectivity index is 0.000000317. The predicted molar refractivity (Wildman–Crippen MR) is 254 cm³/mol. The molecule has 2 fully saturated rings. The van der Waals surface area contributed by atoms with Crippen LogP contribution in [0.4, 0.5) is 0 Å². The van der Waals surface area contributed by atoms with Crippen molar-refractivity contribution in [2.45, 2.75) is 0 Å². The normalized spacial score (nSPS) is 14.5. The molecule has 2 saturated carbocycles. The molecule has 2 aliphatic carbocycles. The third-order valence-corrected chi connectivity index (χ3v) is 10.9. The zero-order valence-corrected chi connectivity index (χ0v) is 40.8. The molecule has 8 aromatic carbocycles. The molecular formula is C62H41O6Ru2+2. The average Bonchev–Trinajstić information content (AvgIpc) is 3.93. The van der Waals surface area contributed by atoms with Crippen LogP contribution in [0, 0.1) is 86.2 Å². The summed E-state index contributed by atoms with van der Waals surface area (Å²) in [5.41, 5.74) is 8.19. The minimum Gasteiger partial charge on any atom is -0.849 e. The Morgan fingerprint density at radius 3 is 0.543 bits per heavy atom. The molecule has 1 N–H and O–H groups in total. The van der Waals surface area contributed by atoms with Crippen LogP contribution in [0.3, 0.4) is 0 Å². The Morgan fingerprint density at radius 1 is 0.243 bits per heavy atom. The van der Waals surface area contributed by atoms with Crippen molar-refractivity contribution in [1.82, 2.24) is 0 Å². The van der Waals surface area contributed by atoms with Gasteiger partial charge >= 0.3 is 84.2 Å². The SMILES string of the molecule is O[C]1[C](c2ccccc2)[C](c2ccccc2)[C](c2ccccc2)[C]1c1ccccc1.[C-]#[O+].[C-]#[O+].[C-]#[O+].[C-]#[O+].[O-][C]1[C](c2ccccc2)[C](c2ccccc2)[C](c2ccccc2)[C]1c1ccccc1.[Ru+2].[Ru+]. The Hall–Kier alpha value is -6.11. The van der Waals surface area contributed by atoms with Crippen LogP contribution in [0.25, 0.3) is 0 Å². The van der Waals surface area contributed by atoms with Gasteiger partial charge in [0.05, 0.1) is 11.8 Å². The summed E-state index contributed by atoms with van der Waals surface area (Å²) in [5, 5.41) is 25.6. The summed E-state index contributed by atoms with van der Waals surface area (Å²) in [6.45, 7) is 18.0. The Morgan fingerprint density at radius 2 is 0.371 bits per heavy atom. The van der Waals surface area contributed by atoms with Crippen molar-refractivity contribution in [3.8, 4) is 0 Å². The van der Waals surface area contributed by atoms with E-state index in [9.17, 15) is 10.2 Å². The molecular weight excluding hydrogens is 1040 g/mol. The van der Waals surface area contributed by atoms with E-state index in [1.54, 1.807) is 0 Å². The number of aliphatic hydroxyl groups is 1. The number of rotatable bonds is 8. The zero-order valence-electron chi connectivity index (χ0n) is 37.3. The summed E-state index contributed by atoms with van der Waals surface area (Å²) in [4.78, 5) is 0. The maximum absolute atomic E-state index is 14.0. The van der Waals surface area contributed by atoms with Crippen molar-refractivity contribution in [3.63, 3.8) is 0 Å². The maximum atomic E-state index is 14.0. The van der Waals surface area contributed by atoms with Gasteiger partial charge < -0.3 is 10.2 Å². The van der Waals surface area contributed by atoms with E-state index in [1.165, 1.54) is 0 Å². The molecule has 0 aliphatic heterocycles. The van der Waals surface area contributed by atoms with E-state index in [0.29, 0.717) is 6.10 Å². The molecule has 70 heavy (non-hydrogen) atoms. The molecule has 8 aromatic rings. The molecule has 0 unspecified atom stereocenters. The third kappa shape index (κ3) is 13.6. The number of benzene rings is 8. The molecule has 10 rings (SSSR count). The molecule has 0 spiro atoms. The number of hydrogen-bond donors (Lipinski definition) is 1. The van der Waals surface area contributed by atoms with E-state index in [4.69, 9.17) is 18.6 Å². The van der Waals surface area contributed by atoms with Gasteiger partial charge in [-0.15, -0.1) is 0 Å². The molecule has 0 aromatic heterocycles. The van der Waals surface area contributed by atoms with Crippen LogP contribution in [0.15, 0.2) is 243 Å². The van der Waals surface area contributed by atoms with Gasteiger partial charge in [0.2, 0.25) is 0 Å². The monoisotopic (exact) mass is 1090 g/mol. The van der Waals surface area contributed by atoms with E-state index < -0.39 is 0 Å². The van der Waals surface area contributed by atoms with Crippen molar-refractivity contribution in [2.75, 3.05) is 0 Å². The molecule has 0 heterocycles. The average molecular weight is 1080 g/mol. The maximum Gasteiger partial charge on any atom is 2.00 e. The molecule has 11 radical (unpaired) electrons. The van der Waals surface area contributed by atoms with Crippen LogP contribution in [0.2, 0.25) is 0 Å². The van der Waals surface area contributed by atoms with Gasteiger partial charge in [0, 0.05) is 35.5 Å². The number of hydrogen-bond acceptors (Lipinski definition) is 2. The minimum atomic E-state index is 0. The van der Waals surface area contributed by atoms with E-state index in [0.717, 1.165) is 91.9 Å². The smallest absolute Gasteiger partial charge is 0.849 e. The van der Waals surface area contributed by atoms with Crippen molar-refractivity contribution in [1.29, 1.82) is 0 Å². The van der Waals surface area contributed by atoms with Gasteiger partial charge in [-0.25, -0.2) is 0 Å². The summed E-state index contributed by atoms with van der Waals surface area (Å²) in [5.74, 6) is 7.39. The second-order valence-corrected chi connectivity index (χ2v) is 14.6. The molecule has 0 saturated heterocycles. The van der Waals surface area contributed by atoms with E-state index in [2.05, 4.69) is 99.4 Å². The van der Waals surface area contributed by atoms with Gasteiger partial charge in [0.1, 0.15) is 6.10 Å². The van der Waals surface area contributed by atoms with Crippen molar-refractivity contribution >= 4 is 0 Å². The first-order valence-electron chi connectivity index (χ1n) is 21.0. The molecule has 6 nitrogen and oxygen atoms in total. The van der Waals surface area contributed by atoms with Crippen LogP contribution in [0.5, 0.6) is 0 Å². The molecule has 339 valence electrons. The summed E-state index contributed by atoms with van der Waals surface area (Å²) < 4.78 is 30.0. The second kappa shape index (κ2) is 31.2. The first-order valence-corrected chi connectivity index (χ1v) is 21.0. The fourth-order valence-corrected chi connectivity index (χ4v) is 8.32. The molecule has 2 aliphatic rings. The van der Waals surface area contributed by atoms with Crippen molar-refractivity contribution < 1.29 is 67.8 Å². The topological polar surface area (TPSA) is 123 Å². The summed E-state index contributed by atoms with van der Waals surface area (Å²) in [6, 6.07) is 81.4. The second-order valence-electron chi connectivity index (χ2n) is 14.6. The predicted octanol–water partition coefficient (Wildman–Crippen LogP) is 11.6. The van der Waals surface area contributed by atoms with Crippen LogP contribution in [0.1, 0.15) is 44.5 Å². The van der Waals surface area contributed by atoms with E-state index in [1.807, 2.05) is 170 Å². The fraction of sp³-hybridized carbons (Fsp3) is 0. The van der Waals surface area contributed by atoms with Crippen molar-refractivity contribution in [3.05, 3.63) is 373 Å². The molecule has 8 heteroatoms. The first-order chi connectivity index (χ1) is 33.7. The summed E-state index contributed by atoms with van der Waals surface area (Å²) in [6.07, 6.45) is 0.398. The van der Waals surface area contributed by atoms with Crippen LogP contribution in [-0.4, -0.2) is 5.11 Å². The standard InChI is InChI=1S/C29H21O.C29H20O.4CO.2Ru/c2*30-29-27(23-17-9-3-10-18-23)25(21-13-5-1-6-14-21)26(22-15-7-2-8-16-22)28(29)24-19-11-4-12-20-24;4*1-2;;/h1-20,30H;1-20H;;;;;;/q;-1;;;;;+1;+2. The number of aliphatic hydroxyl groups excluding tert-OH is 1. The van der Waals surface area contributed by atoms with Crippen LogP contribution in [-0.2, 0) is 57.6 Å². The Labute approximate surface area is 438 Å². The molecule has 0 atom stereocenters. The van der Waals surface area contributed by atoms with E-state index >= 15 is 0 Å². The van der Waals surface area contributed by atoms with Gasteiger partial charge in [-0.1, -0.05) is 249 Å². The van der Waals surface area contributed by atoms with Gasteiger partial charge in [-0.3, -0.25) is 0 Å². The Kier molecular flexibility index (Phi) is 25.9. The summed E-state index contributed by atoms with van der Waals surface area (Å²) in [7, 11) is 0. The third-order valence-electron chi connectivity index (χ3n) is 10.9. The van der Waals surface area contributed by atoms with Gasteiger partial charge in [0.25, 0.3) is 0 Å². The van der Waals surface area contributed by atoms with Gasteiger partial charge in [0.15, 0.2) is 0 Å². The van der Waals surface area contributed by atoms with E-state index in [-0.39, 0.29) is 45.1 Å². The van der Waals surface area contributed by atoms with Gasteiger partial charge in [-0.2, -0.15) is 0 Å². The zero-order chi connectivity index (χ0) is 48.7. The van der Waals surface area contributed by atoms with Crippen molar-refractivity contribution in [2.24, 2.45) is 0 Å². The summed E-state index contributed by atoms with van der Waals surface area (Å²) >= 11 is 0. The van der Waals surface area contributed by atoms with Crippen LogP contribution < -0.4 is 5.11 Å². The largest absolute Gasteiger partial charge is 2.00 e. The molecule has 0 amide bonds. The quantitative estimate of drug-likeness (QED) is 0.0925. The minimum absolute atomic E-state index is 0. The first kappa shape index (κ1) is 58.2. The fourth-order valence-electron chi connectivity index (χ4n) is 8.32. The van der Waals surface area contributed by atoms with Crippen LogP contribution >= 0.6 is 0 Å². The van der Waals surface area contributed by atoms with Gasteiger partial charge in [-0.05, 0) is 44.5 Å². The molecule has 0 bridgehead atoms.